The van der Waals surface area contributed by atoms with Gasteiger partial charge in [-0.05, 0) is 24.7 Å². The Bertz CT molecular complexity index is 746. The van der Waals surface area contributed by atoms with Crippen LogP contribution in [0.4, 0.5) is 9.93 Å². The first-order chi connectivity index (χ1) is 12.6. The molecule has 0 spiro atoms. The van der Waals surface area contributed by atoms with Crippen molar-refractivity contribution in [3.63, 3.8) is 0 Å². The van der Waals surface area contributed by atoms with Crippen LogP contribution < -0.4 is 10.6 Å². The number of nitrogens with zero attached hydrogens (tertiary/aromatic N) is 3. The lowest BCUT2D eigenvalue weighted by Gasteiger charge is -2.17. The first-order valence-electron chi connectivity index (χ1n) is 8.99. The van der Waals surface area contributed by atoms with Gasteiger partial charge in [0.25, 0.3) is 0 Å². The van der Waals surface area contributed by atoms with E-state index in [9.17, 15) is 14.4 Å². The Morgan fingerprint density at radius 3 is 2.58 bits per heavy atom. The Kier molecular flexibility index (Phi) is 4.47. The van der Waals surface area contributed by atoms with Crippen molar-refractivity contribution in [2.24, 2.45) is 23.7 Å². The molecule has 4 amide bonds. The second-order valence-corrected chi connectivity index (χ2v) is 8.02. The van der Waals surface area contributed by atoms with Gasteiger partial charge in [-0.3, -0.25) is 19.8 Å². The third kappa shape index (κ3) is 2.90. The number of aryl methyl sites for hydroxylation is 1. The van der Waals surface area contributed by atoms with Crippen LogP contribution in [0.5, 0.6) is 0 Å². The van der Waals surface area contributed by atoms with Gasteiger partial charge in [-0.2, -0.15) is 0 Å². The molecule has 1 aliphatic heterocycles. The van der Waals surface area contributed by atoms with Crippen molar-refractivity contribution in [3.05, 3.63) is 17.2 Å². The van der Waals surface area contributed by atoms with Gasteiger partial charge in [0, 0.05) is 19.5 Å². The summed E-state index contributed by atoms with van der Waals surface area (Å²) in [6.45, 7) is 2.47. The summed E-state index contributed by atoms with van der Waals surface area (Å²) in [4.78, 5) is 38.3. The summed E-state index contributed by atoms with van der Waals surface area (Å²) in [5, 5.41) is 14.5. The summed E-state index contributed by atoms with van der Waals surface area (Å²) in [5.74, 6) is -0.149. The van der Waals surface area contributed by atoms with Crippen LogP contribution >= 0.6 is 11.3 Å². The number of carbonyl (C=O) groups is 3. The van der Waals surface area contributed by atoms with Crippen molar-refractivity contribution in [1.29, 1.82) is 0 Å². The molecule has 1 saturated heterocycles. The molecule has 2 aliphatic carbocycles. The van der Waals surface area contributed by atoms with Crippen molar-refractivity contribution >= 4 is 34.3 Å². The van der Waals surface area contributed by atoms with E-state index in [0.29, 0.717) is 5.13 Å². The Morgan fingerprint density at radius 2 is 1.92 bits per heavy atom. The van der Waals surface area contributed by atoms with Gasteiger partial charge in [0.15, 0.2) is 0 Å². The second kappa shape index (κ2) is 6.79. The van der Waals surface area contributed by atoms with Crippen molar-refractivity contribution in [1.82, 2.24) is 20.4 Å². The molecule has 3 aliphatic rings. The van der Waals surface area contributed by atoms with Crippen LogP contribution in [0.3, 0.4) is 0 Å². The molecule has 0 unspecified atom stereocenters. The predicted octanol–water partition coefficient (Wildman–Crippen LogP) is 1.42. The van der Waals surface area contributed by atoms with Gasteiger partial charge in [0.1, 0.15) is 5.01 Å². The number of amides is 4. The van der Waals surface area contributed by atoms with E-state index in [0.717, 1.165) is 24.3 Å². The number of imide groups is 1. The fraction of sp³-hybridized carbons (Fsp3) is 0.588. The van der Waals surface area contributed by atoms with Crippen LogP contribution in [-0.2, 0) is 16.0 Å². The van der Waals surface area contributed by atoms with Crippen molar-refractivity contribution in [2.75, 3.05) is 18.4 Å². The zero-order chi connectivity index (χ0) is 18.3. The number of urea groups is 1. The summed E-state index contributed by atoms with van der Waals surface area (Å²) < 4.78 is 0. The van der Waals surface area contributed by atoms with E-state index >= 15 is 0 Å². The average molecular weight is 375 g/mol. The maximum Gasteiger partial charge on any atom is 0.321 e. The number of anilines is 1. The zero-order valence-electron chi connectivity index (χ0n) is 14.5. The third-order valence-electron chi connectivity index (χ3n) is 5.33. The van der Waals surface area contributed by atoms with Gasteiger partial charge in [0.05, 0.1) is 11.8 Å². The van der Waals surface area contributed by atoms with Gasteiger partial charge in [-0.15, -0.1) is 10.2 Å². The lowest BCUT2D eigenvalue weighted by Crippen LogP contribution is -2.40. The van der Waals surface area contributed by atoms with Crippen LogP contribution in [0.15, 0.2) is 12.2 Å². The molecule has 4 rings (SSSR count). The number of nitrogens with one attached hydrogen (secondary N) is 2. The van der Waals surface area contributed by atoms with Gasteiger partial charge in [-0.25, -0.2) is 4.79 Å². The highest BCUT2D eigenvalue weighted by molar-refractivity contribution is 7.15. The summed E-state index contributed by atoms with van der Waals surface area (Å²) >= 11 is 1.34. The molecule has 2 bridgehead atoms. The predicted molar refractivity (Wildman–Crippen MR) is 95.4 cm³/mol. The molecule has 2 N–H and O–H groups in total. The lowest BCUT2D eigenvalue weighted by molar-refractivity contribution is -0.140. The van der Waals surface area contributed by atoms with Crippen LogP contribution in [-0.4, -0.2) is 46.0 Å². The fourth-order valence-electron chi connectivity index (χ4n) is 4.23. The Morgan fingerprint density at radius 1 is 1.23 bits per heavy atom. The minimum absolute atomic E-state index is 0.0904. The van der Waals surface area contributed by atoms with E-state index < -0.39 is 6.03 Å². The highest BCUT2D eigenvalue weighted by atomic mass is 32.1. The second-order valence-electron chi connectivity index (χ2n) is 6.96. The van der Waals surface area contributed by atoms with Gasteiger partial charge in [0.2, 0.25) is 16.9 Å². The first-order valence-corrected chi connectivity index (χ1v) is 9.81. The standard InChI is InChI=1S/C17H21N5O3S/c1-2-3-11-20-21-17(26-11)19-16(25)18-6-7-22-14(23)12-9-4-5-10(8-9)13(12)15(22)24/h4-5,9-10,12-13H,2-3,6-8H2,1H3,(H2,18,19,21,25)/t9-,10-,12+,13+/m0/s1. The number of fused-ring (bicyclic) bond motifs is 5. The molecule has 1 saturated carbocycles. The molecular weight excluding hydrogens is 354 g/mol. The summed E-state index contributed by atoms with van der Waals surface area (Å²) in [6, 6.07) is -0.412. The van der Waals surface area contributed by atoms with Crippen molar-refractivity contribution in [3.8, 4) is 0 Å². The summed E-state index contributed by atoms with van der Waals surface area (Å²) in [5.41, 5.74) is 0. The van der Waals surface area contributed by atoms with Gasteiger partial charge in [-0.1, -0.05) is 30.4 Å². The molecule has 138 valence electrons. The van der Waals surface area contributed by atoms with E-state index in [1.807, 2.05) is 0 Å². The largest absolute Gasteiger partial charge is 0.336 e. The van der Waals surface area contributed by atoms with Crippen LogP contribution in [0.25, 0.3) is 0 Å². The number of carbonyl (C=O) groups excluding carboxylic acids is 3. The molecule has 8 nitrogen and oxygen atoms in total. The number of hydrogen-bond donors (Lipinski definition) is 2. The highest BCUT2D eigenvalue weighted by Gasteiger charge is 2.58. The van der Waals surface area contributed by atoms with Gasteiger partial charge < -0.3 is 5.32 Å². The highest BCUT2D eigenvalue weighted by Crippen LogP contribution is 2.52. The molecule has 0 aromatic carbocycles. The summed E-state index contributed by atoms with van der Waals surface area (Å²) in [6.07, 6.45) is 6.86. The topological polar surface area (TPSA) is 104 Å². The monoisotopic (exact) mass is 375 g/mol. The number of aromatic nitrogens is 2. The molecule has 2 heterocycles. The molecule has 26 heavy (non-hydrogen) atoms. The lowest BCUT2D eigenvalue weighted by atomic mass is 9.85. The van der Waals surface area contributed by atoms with E-state index in [1.165, 1.54) is 16.2 Å². The maximum atomic E-state index is 12.5. The number of likely N-dealkylation sites (tertiary alicyclic amines) is 1. The van der Waals surface area contributed by atoms with E-state index in [-0.39, 0.29) is 48.6 Å². The summed E-state index contributed by atoms with van der Waals surface area (Å²) in [7, 11) is 0. The van der Waals surface area contributed by atoms with Crippen LogP contribution in [0.1, 0.15) is 24.8 Å². The Labute approximate surface area is 155 Å². The molecule has 1 aromatic rings. The van der Waals surface area contributed by atoms with Gasteiger partial charge >= 0.3 is 6.03 Å². The molecule has 1 aromatic heterocycles. The number of rotatable bonds is 6. The fourth-order valence-corrected chi connectivity index (χ4v) is 5.06. The van der Waals surface area contributed by atoms with E-state index in [1.54, 1.807) is 0 Å². The van der Waals surface area contributed by atoms with E-state index in [4.69, 9.17) is 0 Å². The molecule has 0 radical (unpaired) electrons. The van der Waals surface area contributed by atoms with Crippen LogP contribution in [0.2, 0.25) is 0 Å². The Hall–Kier alpha value is -2.29. The smallest absolute Gasteiger partial charge is 0.321 e. The van der Waals surface area contributed by atoms with Crippen molar-refractivity contribution < 1.29 is 14.4 Å². The minimum atomic E-state index is -0.412. The molecule has 4 atom stereocenters. The Balaban J connectivity index is 1.26. The maximum absolute atomic E-state index is 12.5. The number of allylic oxidation sites excluding steroid dienone is 2. The number of hydrogen-bond acceptors (Lipinski definition) is 6. The van der Waals surface area contributed by atoms with E-state index in [2.05, 4.69) is 39.9 Å². The third-order valence-corrected chi connectivity index (χ3v) is 6.23. The zero-order valence-corrected chi connectivity index (χ0v) is 15.3. The first kappa shape index (κ1) is 17.1. The molecule has 2 fully saturated rings. The molecule has 9 heteroatoms. The van der Waals surface area contributed by atoms with Crippen molar-refractivity contribution in [2.45, 2.75) is 26.2 Å². The average Bonchev–Trinajstić information content (AvgIpc) is 3.36. The quantitative estimate of drug-likeness (QED) is 0.578. The SMILES string of the molecule is CCCc1nnc(NC(=O)NCCN2C(=O)[C@H]3[C@H](C2=O)[C@H]2C=C[C@H]3C2)s1. The minimum Gasteiger partial charge on any atom is -0.336 e. The van der Waals surface area contributed by atoms with Crippen LogP contribution in [0, 0.1) is 23.7 Å². The normalized spacial score (nSPS) is 28.7. The molecular formula is C17H21N5O3S.